The highest BCUT2D eigenvalue weighted by atomic mass is 16.5. The second kappa shape index (κ2) is 5.20. The average molecular weight is 146 g/mol. The Labute approximate surface area is 60.7 Å². The molecule has 1 atom stereocenters. The van der Waals surface area contributed by atoms with Gasteiger partial charge in [-0.25, -0.2) is 0 Å². The molecule has 4 nitrogen and oxygen atoms in total. The number of hydrogen-bond acceptors (Lipinski definition) is 3. The molecule has 0 bridgehead atoms. The van der Waals surface area contributed by atoms with Gasteiger partial charge in [-0.1, -0.05) is 0 Å². The Kier molecular flexibility index (Phi) is 4.88. The lowest BCUT2D eigenvalue weighted by atomic mass is 10.3. The van der Waals surface area contributed by atoms with Gasteiger partial charge in [0.15, 0.2) is 0 Å². The molecule has 4 heteroatoms. The molecule has 0 spiro atoms. The molecular formula is C6H14N2O2. The standard InChI is InChI=1S/C6H14N2O2/c1-5(3-7)8-6(9)4-10-2/h5H,3-4,7H2,1-2H3,(H,8,9)/t5-/m1/s1. The number of hydrogen-bond donors (Lipinski definition) is 2. The summed E-state index contributed by atoms with van der Waals surface area (Å²) in [5.41, 5.74) is 5.26. The Hall–Kier alpha value is -0.610. The lowest BCUT2D eigenvalue weighted by Crippen LogP contribution is -2.39. The Morgan fingerprint density at radius 3 is 2.80 bits per heavy atom. The van der Waals surface area contributed by atoms with Gasteiger partial charge in [0.05, 0.1) is 0 Å². The van der Waals surface area contributed by atoms with E-state index in [2.05, 4.69) is 10.1 Å². The lowest BCUT2D eigenvalue weighted by molar-refractivity contribution is -0.125. The van der Waals surface area contributed by atoms with Crippen LogP contribution in [-0.4, -0.2) is 32.2 Å². The van der Waals surface area contributed by atoms with Gasteiger partial charge >= 0.3 is 0 Å². The van der Waals surface area contributed by atoms with Gasteiger partial charge in [0.2, 0.25) is 5.91 Å². The van der Waals surface area contributed by atoms with E-state index in [0.717, 1.165) is 0 Å². The van der Waals surface area contributed by atoms with Crippen molar-refractivity contribution >= 4 is 5.91 Å². The summed E-state index contributed by atoms with van der Waals surface area (Å²) in [5.74, 6) is -0.125. The van der Waals surface area contributed by atoms with Gasteiger partial charge in [0.1, 0.15) is 6.61 Å². The first-order chi connectivity index (χ1) is 4.70. The maximum Gasteiger partial charge on any atom is 0.246 e. The zero-order valence-corrected chi connectivity index (χ0v) is 6.39. The summed E-state index contributed by atoms with van der Waals surface area (Å²) in [6.45, 7) is 2.40. The number of ether oxygens (including phenoxy) is 1. The van der Waals surface area contributed by atoms with Gasteiger partial charge in [0.25, 0.3) is 0 Å². The number of nitrogens with one attached hydrogen (secondary N) is 1. The van der Waals surface area contributed by atoms with Crippen LogP contribution in [-0.2, 0) is 9.53 Å². The summed E-state index contributed by atoms with van der Waals surface area (Å²) in [4.78, 5) is 10.7. The van der Waals surface area contributed by atoms with E-state index in [0.29, 0.717) is 6.54 Å². The molecule has 0 saturated carbocycles. The maximum atomic E-state index is 10.7. The van der Waals surface area contributed by atoms with Crippen molar-refractivity contribution in [2.75, 3.05) is 20.3 Å². The smallest absolute Gasteiger partial charge is 0.246 e. The van der Waals surface area contributed by atoms with Gasteiger partial charge in [-0.15, -0.1) is 0 Å². The Bertz CT molecular complexity index is 106. The highest BCUT2D eigenvalue weighted by molar-refractivity contribution is 5.77. The molecule has 0 fully saturated rings. The molecular weight excluding hydrogens is 132 g/mol. The van der Waals surface area contributed by atoms with Crippen LogP contribution in [0.25, 0.3) is 0 Å². The molecule has 10 heavy (non-hydrogen) atoms. The fourth-order valence-corrected chi connectivity index (χ4v) is 0.507. The van der Waals surface area contributed by atoms with Crippen LogP contribution in [0.4, 0.5) is 0 Å². The summed E-state index contributed by atoms with van der Waals surface area (Å²) in [6.07, 6.45) is 0. The van der Waals surface area contributed by atoms with Crippen molar-refractivity contribution in [1.29, 1.82) is 0 Å². The molecule has 0 aromatic heterocycles. The van der Waals surface area contributed by atoms with Crippen LogP contribution >= 0.6 is 0 Å². The first kappa shape index (κ1) is 9.39. The number of nitrogens with two attached hydrogens (primary N) is 1. The highest BCUT2D eigenvalue weighted by Gasteiger charge is 2.02. The molecule has 60 valence electrons. The van der Waals surface area contributed by atoms with Crippen molar-refractivity contribution < 1.29 is 9.53 Å². The van der Waals surface area contributed by atoms with Crippen LogP contribution in [0.5, 0.6) is 0 Å². The minimum absolute atomic E-state index is 0.0302. The first-order valence-corrected chi connectivity index (χ1v) is 3.19. The van der Waals surface area contributed by atoms with Crippen LogP contribution in [0.15, 0.2) is 0 Å². The van der Waals surface area contributed by atoms with E-state index in [9.17, 15) is 4.79 Å². The summed E-state index contributed by atoms with van der Waals surface area (Å²) >= 11 is 0. The van der Waals surface area contributed by atoms with Crippen LogP contribution in [0.1, 0.15) is 6.92 Å². The average Bonchev–Trinajstić information content (AvgIpc) is 1.88. The molecule has 0 aromatic carbocycles. The summed E-state index contributed by atoms with van der Waals surface area (Å²) in [6, 6.07) is 0.0302. The van der Waals surface area contributed by atoms with E-state index in [4.69, 9.17) is 5.73 Å². The molecule has 0 unspecified atom stereocenters. The fraction of sp³-hybridized carbons (Fsp3) is 0.833. The van der Waals surface area contributed by atoms with Gasteiger partial charge in [-0.2, -0.15) is 0 Å². The molecule has 1 amide bonds. The van der Waals surface area contributed by atoms with E-state index in [1.807, 2.05) is 6.92 Å². The van der Waals surface area contributed by atoms with Gasteiger partial charge in [0, 0.05) is 19.7 Å². The van der Waals surface area contributed by atoms with Gasteiger partial charge in [-0.3, -0.25) is 4.79 Å². The SMILES string of the molecule is COCC(=O)N[C@H](C)CN. The van der Waals surface area contributed by atoms with Crippen LogP contribution in [0.3, 0.4) is 0 Å². The zero-order valence-electron chi connectivity index (χ0n) is 6.39. The van der Waals surface area contributed by atoms with Crippen molar-refractivity contribution in [3.63, 3.8) is 0 Å². The molecule has 0 aromatic rings. The number of rotatable bonds is 4. The Morgan fingerprint density at radius 2 is 2.40 bits per heavy atom. The molecule has 0 heterocycles. The van der Waals surface area contributed by atoms with E-state index in [-0.39, 0.29) is 18.6 Å². The van der Waals surface area contributed by atoms with E-state index >= 15 is 0 Å². The first-order valence-electron chi connectivity index (χ1n) is 3.19. The topological polar surface area (TPSA) is 64.3 Å². The lowest BCUT2D eigenvalue weighted by Gasteiger charge is -2.09. The third kappa shape index (κ3) is 4.29. The number of carbonyl (C=O) groups excluding carboxylic acids is 1. The minimum Gasteiger partial charge on any atom is -0.375 e. The van der Waals surface area contributed by atoms with Crippen molar-refractivity contribution in [3.8, 4) is 0 Å². The normalized spacial score (nSPS) is 12.7. The monoisotopic (exact) mass is 146 g/mol. The van der Waals surface area contributed by atoms with E-state index in [1.165, 1.54) is 7.11 Å². The van der Waals surface area contributed by atoms with Gasteiger partial charge in [-0.05, 0) is 6.92 Å². The second-order valence-electron chi connectivity index (χ2n) is 2.14. The number of methoxy groups -OCH3 is 1. The quantitative estimate of drug-likeness (QED) is 0.540. The molecule has 0 rings (SSSR count). The van der Waals surface area contributed by atoms with Crippen LogP contribution in [0, 0.1) is 0 Å². The largest absolute Gasteiger partial charge is 0.375 e. The van der Waals surface area contributed by atoms with Crippen molar-refractivity contribution in [2.45, 2.75) is 13.0 Å². The third-order valence-electron chi connectivity index (χ3n) is 1.04. The Morgan fingerprint density at radius 1 is 1.80 bits per heavy atom. The second-order valence-corrected chi connectivity index (χ2v) is 2.14. The summed E-state index contributed by atoms with van der Waals surface area (Å²) in [7, 11) is 1.48. The molecule has 0 radical (unpaired) electrons. The zero-order chi connectivity index (χ0) is 7.98. The highest BCUT2D eigenvalue weighted by Crippen LogP contribution is 1.76. The van der Waals surface area contributed by atoms with Gasteiger partial charge < -0.3 is 15.8 Å². The van der Waals surface area contributed by atoms with Crippen LogP contribution < -0.4 is 11.1 Å². The van der Waals surface area contributed by atoms with Crippen molar-refractivity contribution in [1.82, 2.24) is 5.32 Å². The number of amides is 1. The summed E-state index contributed by atoms with van der Waals surface area (Å²) in [5, 5.41) is 2.64. The van der Waals surface area contributed by atoms with Crippen molar-refractivity contribution in [3.05, 3.63) is 0 Å². The third-order valence-corrected chi connectivity index (χ3v) is 1.04. The predicted molar refractivity (Wildman–Crippen MR) is 38.5 cm³/mol. The van der Waals surface area contributed by atoms with E-state index in [1.54, 1.807) is 0 Å². The maximum absolute atomic E-state index is 10.7. The van der Waals surface area contributed by atoms with Crippen molar-refractivity contribution in [2.24, 2.45) is 5.73 Å². The van der Waals surface area contributed by atoms with Crippen LogP contribution in [0.2, 0.25) is 0 Å². The molecule has 0 aliphatic carbocycles. The fourth-order valence-electron chi connectivity index (χ4n) is 0.507. The minimum atomic E-state index is -0.125. The molecule has 3 N–H and O–H groups in total. The van der Waals surface area contributed by atoms with E-state index < -0.39 is 0 Å². The summed E-state index contributed by atoms with van der Waals surface area (Å²) < 4.78 is 4.60. The predicted octanol–water partition coefficient (Wildman–Crippen LogP) is -0.904. The molecule has 0 saturated heterocycles. The molecule has 0 aliphatic heterocycles. The number of carbonyl (C=O) groups is 1. The Balaban J connectivity index is 3.37. The molecule has 0 aliphatic rings.